The lowest BCUT2D eigenvalue weighted by Gasteiger charge is -2.24. The number of carbonyl (C=O) groups is 1. The Kier molecular flexibility index (Phi) is 5.76. The molecule has 0 aliphatic heterocycles. The van der Waals surface area contributed by atoms with Crippen molar-refractivity contribution in [2.75, 3.05) is 24.1 Å². The lowest BCUT2D eigenvalue weighted by Crippen LogP contribution is -2.33. The number of carbonyl (C=O) groups excluding carboxylic acids is 1. The molecule has 4 nitrogen and oxygen atoms in total. The summed E-state index contributed by atoms with van der Waals surface area (Å²) in [5.41, 5.74) is 6.01. The molecular formula is C14H22FN3O. The highest BCUT2D eigenvalue weighted by molar-refractivity contribution is 5.91. The van der Waals surface area contributed by atoms with Gasteiger partial charge in [-0.1, -0.05) is 6.92 Å². The third-order valence-corrected chi connectivity index (χ3v) is 3.04. The minimum Gasteiger partial charge on any atom is -0.396 e. The van der Waals surface area contributed by atoms with Crippen LogP contribution in [0.15, 0.2) is 18.2 Å². The summed E-state index contributed by atoms with van der Waals surface area (Å²) in [6, 6.07) is 4.59. The highest BCUT2D eigenvalue weighted by Gasteiger charge is 2.10. The molecule has 0 radical (unpaired) electrons. The molecule has 0 saturated carbocycles. The fraction of sp³-hybridized carbons (Fsp3) is 0.500. The molecule has 0 spiro atoms. The van der Waals surface area contributed by atoms with E-state index in [1.165, 1.54) is 18.2 Å². The second-order valence-electron chi connectivity index (χ2n) is 4.76. The quantitative estimate of drug-likeness (QED) is 0.778. The molecule has 3 N–H and O–H groups in total. The summed E-state index contributed by atoms with van der Waals surface area (Å²) in [4.78, 5) is 14.0. The maximum Gasteiger partial charge on any atom is 0.225 e. The number of benzene rings is 1. The Morgan fingerprint density at radius 1 is 1.47 bits per heavy atom. The highest BCUT2D eigenvalue weighted by atomic mass is 19.1. The van der Waals surface area contributed by atoms with Gasteiger partial charge in [-0.25, -0.2) is 4.39 Å². The van der Waals surface area contributed by atoms with Crippen molar-refractivity contribution in [3.8, 4) is 0 Å². The Hall–Kier alpha value is -1.62. The molecule has 0 aliphatic rings. The van der Waals surface area contributed by atoms with E-state index >= 15 is 0 Å². The van der Waals surface area contributed by atoms with Gasteiger partial charge in [0.15, 0.2) is 0 Å². The predicted octanol–water partition coefficient (Wildman–Crippen LogP) is 2.47. The van der Waals surface area contributed by atoms with Crippen molar-refractivity contribution in [3.05, 3.63) is 24.0 Å². The summed E-state index contributed by atoms with van der Waals surface area (Å²) in [5, 5.41) is 2.72. The zero-order chi connectivity index (χ0) is 14.4. The van der Waals surface area contributed by atoms with E-state index in [1.54, 1.807) is 0 Å². The molecule has 0 unspecified atom stereocenters. The summed E-state index contributed by atoms with van der Waals surface area (Å²) in [6.07, 6.45) is 0.406. The minimum absolute atomic E-state index is 0.0372. The Morgan fingerprint density at radius 2 is 2.16 bits per heavy atom. The normalized spacial score (nSPS) is 11.1. The van der Waals surface area contributed by atoms with Crippen LogP contribution in [0.2, 0.25) is 0 Å². The molecular weight excluding hydrogens is 245 g/mol. The molecule has 1 rings (SSSR count). The molecule has 1 amide bonds. The first kappa shape index (κ1) is 15.4. The molecule has 0 heterocycles. The summed E-state index contributed by atoms with van der Waals surface area (Å²) < 4.78 is 13.0. The number of halogens is 1. The van der Waals surface area contributed by atoms with E-state index in [0.717, 1.165) is 6.54 Å². The molecule has 19 heavy (non-hydrogen) atoms. The number of hydrogen-bond donors (Lipinski definition) is 2. The van der Waals surface area contributed by atoms with Crippen molar-refractivity contribution in [1.29, 1.82) is 0 Å². The maximum absolute atomic E-state index is 13.0. The lowest BCUT2D eigenvalue weighted by molar-refractivity contribution is -0.116. The highest BCUT2D eigenvalue weighted by Crippen LogP contribution is 2.16. The fourth-order valence-corrected chi connectivity index (χ4v) is 1.87. The number of anilines is 2. The molecule has 0 aromatic heterocycles. The molecule has 1 aromatic rings. The zero-order valence-corrected chi connectivity index (χ0v) is 11.7. The monoisotopic (exact) mass is 267 g/mol. The van der Waals surface area contributed by atoms with Crippen molar-refractivity contribution < 1.29 is 9.18 Å². The van der Waals surface area contributed by atoms with Gasteiger partial charge in [0.25, 0.3) is 0 Å². The average Bonchev–Trinajstić information content (AvgIpc) is 2.34. The average molecular weight is 267 g/mol. The molecule has 0 fully saturated rings. The number of nitrogen functional groups attached to an aromatic ring is 1. The van der Waals surface area contributed by atoms with Crippen LogP contribution in [0, 0.1) is 5.82 Å². The number of nitrogens with two attached hydrogens (primary N) is 1. The standard InChI is InChI=1S/C14H22FN3O/c1-4-18(10(2)3)8-7-14(19)17-11-5-6-12(15)13(16)9-11/h5-6,9-10H,4,7-8,16H2,1-3H3,(H,17,19). The van der Waals surface area contributed by atoms with Gasteiger partial charge < -0.3 is 16.0 Å². The Bertz CT molecular complexity index is 435. The predicted molar refractivity (Wildman–Crippen MR) is 76.4 cm³/mol. The number of nitrogens with one attached hydrogen (secondary N) is 1. The van der Waals surface area contributed by atoms with E-state index in [1.807, 2.05) is 0 Å². The van der Waals surface area contributed by atoms with Gasteiger partial charge in [0.1, 0.15) is 5.82 Å². The van der Waals surface area contributed by atoms with Crippen molar-refractivity contribution >= 4 is 17.3 Å². The van der Waals surface area contributed by atoms with Crippen LogP contribution in [-0.4, -0.2) is 29.9 Å². The van der Waals surface area contributed by atoms with Gasteiger partial charge in [-0.3, -0.25) is 4.79 Å². The number of nitrogens with zero attached hydrogens (tertiary/aromatic N) is 1. The SMILES string of the molecule is CCN(CCC(=O)Nc1ccc(F)c(N)c1)C(C)C. The van der Waals surface area contributed by atoms with E-state index in [4.69, 9.17) is 5.73 Å². The number of rotatable bonds is 6. The second-order valence-corrected chi connectivity index (χ2v) is 4.76. The van der Waals surface area contributed by atoms with Crippen LogP contribution in [0.4, 0.5) is 15.8 Å². The first-order valence-electron chi connectivity index (χ1n) is 6.53. The summed E-state index contributed by atoms with van der Waals surface area (Å²) >= 11 is 0. The summed E-state index contributed by atoms with van der Waals surface area (Å²) in [6.45, 7) is 7.88. The first-order valence-corrected chi connectivity index (χ1v) is 6.53. The number of hydrogen-bond acceptors (Lipinski definition) is 3. The first-order chi connectivity index (χ1) is 8.93. The third-order valence-electron chi connectivity index (χ3n) is 3.04. The minimum atomic E-state index is -0.477. The summed E-state index contributed by atoms with van der Waals surface area (Å²) in [7, 11) is 0. The molecule has 1 aromatic carbocycles. The molecule has 0 atom stereocenters. The molecule has 0 aliphatic carbocycles. The Balaban J connectivity index is 2.49. The van der Waals surface area contributed by atoms with Crippen LogP contribution in [0.3, 0.4) is 0 Å². The number of amides is 1. The molecule has 5 heteroatoms. The molecule has 0 saturated heterocycles. The smallest absolute Gasteiger partial charge is 0.225 e. The van der Waals surface area contributed by atoms with E-state index in [0.29, 0.717) is 24.7 Å². The Labute approximate surface area is 113 Å². The van der Waals surface area contributed by atoms with Gasteiger partial charge in [-0.05, 0) is 38.6 Å². The second kappa shape index (κ2) is 7.09. The van der Waals surface area contributed by atoms with Crippen LogP contribution in [-0.2, 0) is 4.79 Å². The third kappa shape index (κ3) is 4.87. The van der Waals surface area contributed by atoms with Crippen molar-refractivity contribution in [2.45, 2.75) is 33.2 Å². The van der Waals surface area contributed by atoms with Crippen LogP contribution >= 0.6 is 0 Å². The van der Waals surface area contributed by atoms with E-state index in [2.05, 4.69) is 31.0 Å². The topological polar surface area (TPSA) is 58.4 Å². The van der Waals surface area contributed by atoms with Crippen LogP contribution in [0.1, 0.15) is 27.2 Å². The fourth-order valence-electron chi connectivity index (χ4n) is 1.87. The van der Waals surface area contributed by atoms with Gasteiger partial charge in [-0.2, -0.15) is 0 Å². The zero-order valence-electron chi connectivity index (χ0n) is 11.7. The van der Waals surface area contributed by atoms with Gasteiger partial charge in [-0.15, -0.1) is 0 Å². The maximum atomic E-state index is 13.0. The van der Waals surface area contributed by atoms with Gasteiger partial charge in [0, 0.05) is 24.7 Å². The van der Waals surface area contributed by atoms with Crippen molar-refractivity contribution in [1.82, 2.24) is 4.90 Å². The van der Waals surface area contributed by atoms with Crippen LogP contribution < -0.4 is 11.1 Å². The van der Waals surface area contributed by atoms with E-state index in [-0.39, 0.29) is 11.6 Å². The largest absolute Gasteiger partial charge is 0.396 e. The summed E-state index contributed by atoms with van der Waals surface area (Å²) in [5.74, 6) is -0.569. The lowest BCUT2D eigenvalue weighted by atomic mass is 10.2. The molecule has 0 bridgehead atoms. The van der Waals surface area contributed by atoms with Crippen molar-refractivity contribution in [3.63, 3.8) is 0 Å². The van der Waals surface area contributed by atoms with E-state index in [9.17, 15) is 9.18 Å². The Morgan fingerprint density at radius 3 is 2.68 bits per heavy atom. The van der Waals surface area contributed by atoms with Crippen molar-refractivity contribution in [2.24, 2.45) is 0 Å². The van der Waals surface area contributed by atoms with Gasteiger partial charge in [0.05, 0.1) is 5.69 Å². The van der Waals surface area contributed by atoms with Crippen LogP contribution in [0.5, 0.6) is 0 Å². The van der Waals surface area contributed by atoms with E-state index < -0.39 is 5.82 Å². The molecule has 106 valence electrons. The van der Waals surface area contributed by atoms with Gasteiger partial charge >= 0.3 is 0 Å². The van der Waals surface area contributed by atoms with Gasteiger partial charge in [0.2, 0.25) is 5.91 Å². The van der Waals surface area contributed by atoms with Crippen LogP contribution in [0.25, 0.3) is 0 Å².